The molecule has 0 aliphatic heterocycles. The van der Waals surface area contributed by atoms with Crippen molar-refractivity contribution in [3.63, 3.8) is 0 Å². The van der Waals surface area contributed by atoms with Gasteiger partial charge in [-0.25, -0.2) is 4.98 Å². The first-order valence-electron chi connectivity index (χ1n) is 6.03. The molecule has 0 saturated heterocycles. The molecule has 1 aromatic rings. The molecule has 5 heteroatoms. The van der Waals surface area contributed by atoms with Crippen molar-refractivity contribution in [3.05, 3.63) is 12.3 Å². The largest absolute Gasteiger partial charge is 0.396 e. The first-order valence-corrected chi connectivity index (χ1v) is 6.03. The third kappa shape index (κ3) is 4.99. The van der Waals surface area contributed by atoms with Crippen molar-refractivity contribution in [1.82, 2.24) is 9.97 Å². The topological polar surface area (TPSA) is 70.1 Å². The highest BCUT2D eigenvalue weighted by molar-refractivity contribution is 5.41. The summed E-state index contributed by atoms with van der Waals surface area (Å²) >= 11 is 0. The second kappa shape index (κ2) is 6.39. The summed E-state index contributed by atoms with van der Waals surface area (Å²) in [6.45, 7) is 7.18. The van der Waals surface area contributed by atoms with Crippen LogP contribution < -0.4 is 10.6 Å². The Morgan fingerprint density at radius 1 is 1.41 bits per heavy atom. The first kappa shape index (κ1) is 13.7. The molecule has 0 amide bonds. The van der Waals surface area contributed by atoms with Crippen molar-refractivity contribution in [3.8, 4) is 0 Å². The maximum atomic E-state index is 8.97. The van der Waals surface area contributed by atoms with Crippen LogP contribution in [0.25, 0.3) is 0 Å². The summed E-state index contributed by atoms with van der Waals surface area (Å²) in [5, 5.41) is 15.4. The van der Waals surface area contributed by atoms with Gasteiger partial charge in [-0.1, -0.05) is 6.92 Å². The van der Waals surface area contributed by atoms with E-state index in [2.05, 4.69) is 27.5 Å². The third-order valence-corrected chi connectivity index (χ3v) is 2.39. The molecule has 5 nitrogen and oxygen atoms in total. The van der Waals surface area contributed by atoms with Crippen molar-refractivity contribution >= 4 is 11.8 Å². The number of anilines is 2. The summed E-state index contributed by atoms with van der Waals surface area (Å²) < 4.78 is 0. The lowest BCUT2D eigenvalue weighted by Gasteiger charge is -2.26. The number of aliphatic hydroxyl groups excluding tert-OH is 1. The van der Waals surface area contributed by atoms with Crippen LogP contribution in [0.4, 0.5) is 11.8 Å². The molecule has 0 aliphatic carbocycles. The zero-order valence-corrected chi connectivity index (χ0v) is 10.8. The second-order valence-electron chi connectivity index (χ2n) is 4.67. The average molecular weight is 238 g/mol. The Morgan fingerprint density at radius 2 is 2.18 bits per heavy atom. The molecule has 0 unspecified atom stereocenters. The number of aromatic nitrogens is 2. The van der Waals surface area contributed by atoms with Crippen LogP contribution >= 0.6 is 0 Å². The number of aliphatic hydroxyl groups is 1. The van der Waals surface area contributed by atoms with Gasteiger partial charge in [-0.3, -0.25) is 0 Å². The lowest BCUT2D eigenvalue weighted by molar-refractivity contribution is 0.260. The van der Waals surface area contributed by atoms with Gasteiger partial charge in [0.2, 0.25) is 5.95 Å². The normalized spacial score (nSPS) is 11.3. The highest BCUT2D eigenvalue weighted by atomic mass is 16.3. The fraction of sp³-hybridized carbons (Fsp3) is 0.667. The summed E-state index contributed by atoms with van der Waals surface area (Å²) in [6.07, 6.45) is 3.44. The third-order valence-electron chi connectivity index (χ3n) is 2.39. The van der Waals surface area contributed by atoms with Crippen LogP contribution in [0.1, 0.15) is 33.6 Å². The van der Waals surface area contributed by atoms with Crippen molar-refractivity contribution in [2.45, 2.75) is 39.2 Å². The second-order valence-corrected chi connectivity index (χ2v) is 4.67. The zero-order chi connectivity index (χ0) is 12.7. The lowest BCUT2D eigenvalue weighted by atomic mass is 10.0. The molecular formula is C12H22N4O. The quantitative estimate of drug-likeness (QED) is 0.676. The molecular weight excluding hydrogens is 216 g/mol. The average Bonchev–Trinajstić information content (AvgIpc) is 2.26. The van der Waals surface area contributed by atoms with Gasteiger partial charge in [0, 0.05) is 24.9 Å². The summed E-state index contributed by atoms with van der Waals surface area (Å²) in [4.78, 5) is 8.50. The number of hydrogen-bond donors (Lipinski definition) is 3. The highest BCUT2D eigenvalue weighted by Gasteiger charge is 2.17. The van der Waals surface area contributed by atoms with Crippen LogP contribution in [-0.4, -0.2) is 33.8 Å². The Kier molecular flexibility index (Phi) is 5.15. The fourth-order valence-corrected chi connectivity index (χ4v) is 1.44. The molecule has 1 aromatic heterocycles. The van der Waals surface area contributed by atoms with E-state index in [0.29, 0.717) is 12.4 Å². The minimum absolute atomic E-state index is 0.159. The SMILES string of the molecule is CCCNc1nccc(NC(C)(C)CCO)n1. The van der Waals surface area contributed by atoms with Gasteiger partial charge in [0.1, 0.15) is 5.82 Å². The van der Waals surface area contributed by atoms with Crippen LogP contribution in [0.3, 0.4) is 0 Å². The summed E-state index contributed by atoms with van der Waals surface area (Å²) in [5.74, 6) is 1.41. The molecule has 1 rings (SSSR count). The monoisotopic (exact) mass is 238 g/mol. The molecule has 0 spiro atoms. The summed E-state index contributed by atoms with van der Waals surface area (Å²) in [7, 11) is 0. The van der Waals surface area contributed by atoms with Crippen LogP contribution in [0.5, 0.6) is 0 Å². The van der Waals surface area contributed by atoms with E-state index < -0.39 is 0 Å². The summed E-state index contributed by atoms with van der Waals surface area (Å²) in [5.41, 5.74) is -0.175. The van der Waals surface area contributed by atoms with Gasteiger partial charge in [0.25, 0.3) is 0 Å². The Hall–Kier alpha value is -1.36. The van der Waals surface area contributed by atoms with E-state index in [1.807, 2.05) is 19.9 Å². The predicted octanol–water partition coefficient (Wildman–Crippen LogP) is 1.87. The van der Waals surface area contributed by atoms with Crippen molar-refractivity contribution in [2.75, 3.05) is 23.8 Å². The molecule has 0 atom stereocenters. The van der Waals surface area contributed by atoms with Gasteiger partial charge in [0.05, 0.1) is 0 Å². The first-order chi connectivity index (χ1) is 8.07. The molecule has 0 aliphatic rings. The van der Waals surface area contributed by atoms with Gasteiger partial charge in [-0.05, 0) is 32.8 Å². The Bertz CT molecular complexity index is 341. The molecule has 0 saturated carbocycles. The van der Waals surface area contributed by atoms with Crippen molar-refractivity contribution in [2.24, 2.45) is 0 Å². The van der Waals surface area contributed by atoms with E-state index in [-0.39, 0.29) is 12.1 Å². The van der Waals surface area contributed by atoms with Crippen LogP contribution in [0.15, 0.2) is 12.3 Å². The molecule has 96 valence electrons. The molecule has 3 N–H and O–H groups in total. The van der Waals surface area contributed by atoms with E-state index in [9.17, 15) is 0 Å². The molecule has 0 radical (unpaired) electrons. The Labute approximate surface area is 103 Å². The van der Waals surface area contributed by atoms with Crippen LogP contribution in [0.2, 0.25) is 0 Å². The van der Waals surface area contributed by atoms with E-state index in [0.717, 1.165) is 18.8 Å². The minimum atomic E-state index is -0.175. The van der Waals surface area contributed by atoms with Crippen molar-refractivity contribution < 1.29 is 5.11 Å². The Balaban J connectivity index is 2.64. The van der Waals surface area contributed by atoms with Crippen LogP contribution in [-0.2, 0) is 0 Å². The Morgan fingerprint density at radius 3 is 2.82 bits per heavy atom. The van der Waals surface area contributed by atoms with Gasteiger partial charge in [-0.15, -0.1) is 0 Å². The van der Waals surface area contributed by atoms with Crippen LogP contribution in [0, 0.1) is 0 Å². The highest BCUT2D eigenvalue weighted by Crippen LogP contribution is 2.16. The minimum Gasteiger partial charge on any atom is -0.396 e. The maximum Gasteiger partial charge on any atom is 0.224 e. The standard InChI is InChI=1S/C12H22N4O/c1-4-7-13-11-14-8-5-10(15-11)16-12(2,3)6-9-17/h5,8,17H,4,6-7,9H2,1-3H3,(H2,13,14,15,16). The zero-order valence-electron chi connectivity index (χ0n) is 10.8. The van der Waals surface area contributed by atoms with Crippen molar-refractivity contribution in [1.29, 1.82) is 0 Å². The number of hydrogen-bond acceptors (Lipinski definition) is 5. The summed E-state index contributed by atoms with van der Waals surface area (Å²) in [6, 6.07) is 1.83. The molecule has 0 fully saturated rings. The van der Waals surface area contributed by atoms with Gasteiger partial charge in [-0.2, -0.15) is 4.98 Å². The number of nitrogens with zero attached hydrogens (tertiary/aromatic N) is 2. The number of rotatable bonds is 7. The maximum absolute atomic E-state index is 8.97. The van der Waals surface area contributed by atoms with Gasteiger partial charge in [0.15, 0.2) is 0 Å². The van der Waals surface area contributed by atoms with E-state index in [4.69, 9.17) is 5.11 Å². The molecule has 0 bridgehead atoms. The smallest absolute Gasteiger partial charge is 0.224 e. The molecule has 17 heavy (non-hydrogen) atoms. The van der Waals surface area contributed by atoms with E-state index in [1.54, 1.807) is 6.20 Å². The fourth-order valence-electron chi connectivity index (χ4n) is 1.44. The van der Waals surface area contributed by atoms with Gasteiger partial charge < -0.3 is 15.7 Å². The number of nitrogens with one attached hydrogen (secondary N) is 2. The molecule has 1 heterocycles. The van der Waals surface area contributed by atoms with Gasteiger partial charge >= 0.3 is 0 Å². The van der Waals surface area contributed by atoms with E-state index >= 15 is 0 Å². The lowest BCUT2D eigenvalue weighted by Crippen LogP contribution is -2.32. The molecule has 0 aromatic carbocycles. The predicted molar refractivity (Wildman–Crippen MR) is 70.2 cm³/mol. The van der Waals surface area contributed by atoms with E-state index in [1.165, 1.54) is 0 Å².